The third-order valence-electron chi connectivity index (χ3n) is 6.11. The topological polar surface area (TPSA) is 60.9 Å². The van der Waals surface area contributed by atoms with E-state index in [-0.39, 0.29) is 5.91 Å². The number of ether oxygens (including phenoxy) is 1. The second-order valence-corrected chi connectivity index (χ2v) is 8.80. The zero-order valence-corrected chi connectivity index (χ0v) is 20.2. The van der Waals surface area contributed by atoms with E-state index in [0.717, 1.165) is 49.9 Å². The van der Waals surface area contributed by atoms with E-state index in [1.807, 2.05) is 36.4 Å². The van der Waals surface area contributed by atoms with Crippen LogP contribution in [0, 0.1) is 0 Å². The van der Waals surface area contributed by atoms with Gasteiger partial charge in [0.25, 0.3) is 0 Å². The average Bonchev–Trinajstić information content (AvgIpc) is 2.86. The molecule has 7 heteroatoms. The summed E-state index contributed by atoms with van der Waals surface area (Å²) in [4.78, 5) is 23.9. The molecule has 1 amide bonds. The molecule has 178 valence electrons. The highest BCUT2D eigenvalue weighted by atomic mass is 16.5. The Hall–Kier alpha value is -3.58. The van der Waals surface area contributed by atoms with E-state index in [9.17, 15) is 4.79 Å². The molecule has 7 nitrogen and oxygen atoms in total. The fourth-order valence-corrected chi connectivity index (χ4v) is 4.07. The van der Waals surface area contributed by atoms with Gasteiger partial charge in [0.1, 0.15) is 11.6 Å². The van der Waals surface area contributed by atoms with Gasteiger partial charge in [-0.2, -0.15) is 0 Å². The highest BCUT2D eigenvalue weighted by molar-refractivity contribution is 5.92. The lowest BCUT2D eigenvalue weighted by molar-refractivity contribution is -0.115. The fourth-order valence-electron chi connectivity index (χ4n) is 4.07. The number of hydrogen-bond donors (Lipinski definition) is 1. The lowest BCUT2D eigenvalue weighted by Gasteiger charge is -2.35. The van der Waals surface area contributed by atoms with Crippen LogP contribution >= 0.6 is 0 Å². The van der Waals surface area contributed by atoms with Crippen LogP contribution in [-0.2, 0) is 17.8 Å². The highest BCUT2D eigenvalue weighted by Gasteiger charge is 2.18. The predicted octanol–water partition coefficient (Wildman–Crippen LogP) is 3.66. The number of carbonyl (C=O) groups excluding carboxylic acids is 1. The largest absolute Gasteiger partial charge is 0.497 e. The van der Waals surface area contributed by atoms with Crippen LogP contribution in [-0.4, -0.2) is 63.2 Å². The fraction of sp³-hybridized carbons (Fsp3) is 0.333. The smallest absolute Gasteiger partial charge is 0.228 e. The summed E-state index contributed by atoms with van der Waals surface area (Å²) in [6.07, 6.45) is 2.05. The standard InChI is InChI=1S/C27H33N5O2/c1-30(2)24-9-4-22(5-10-24)20-31-14-16-32(17-15-31)26-13-8-23(19-28-26)29-27(33)18-21-6-11-25(34-3)12-7-21/h4-13,19H,14-18,20H2,1-3H3,(H,29,33). The van der Waals surface area contributed by atoms with E-state index >= 15 is 0 Å². The van der Waals surface area contributed by atoms with Crippen molar-refractivity contribution in [2.45, 2.75) is 13.0 Å². The summed E-state index contributed by atoms with van der Waals surface area (Å²) >= 11 is 0. The van der Waals surface area contributed by atoms with Crippen LogP contribution in [0.25, 0.3) is 0 Å². The molecule has 0 spiro atoms. The molecule has 2 aromatic carbocycles. The number of pyridine rings is 1. The summed E-state index contributed by atoms with van der Waals surface area (Å²) in [5.41, 5.74) is 4.21. The maximum absolute atomic E-state index is 12.4. The van der Waals surface area contributed by atoms with E-state index in [0.29, 0.717) is 12.1 Å². The van der Waals surface area contributed by atoms with Gasteiger partial charge in [0.2, 0.25) is 5.91 Å². The molecule has 1 fully saturated rings. The minimum absolute atomic E-state index is 0.0630. The minimum atomic E-state index is -0.0630. The Kier molecular flexibility index (Phi) is 7.65. The molecule has 1 aliphatic rings. The van der Waals surface area contributed by atoms with Crippen molar-refractivity contribution in [2.75, 3.05) is 62.5 Å². The Morgan fingerprint density at radius 3 is 2.21 bits per heavy atom. The van der Waals surface area contributed by atoms with E-state index in [1.165, 1.54) is 11.3 Å². The highest BCUT2D eigenvalue weighted by Crippen LogP contribution is 2.19. The first-order valence-electron chi connectivity index (χ1n) is 11.6. The molecule has 0 unspecified atom stereocenters. The SMILES string of the molecule is COc1ccc(CC(=O)Nc2ccc(N3CCN(Cc4ccc(N(C)C)cc4)CC3)nc2)cc1. The van der Waals surface area contributed by atoms with Gasteiger partial charge in [-0.3, -0.25) is 9.69 Å². The number of aromatic nitrogens is 1. The number of nitrogens with one attached hydrogen (secondary N) is 1. The molecular weight excluding hydrogens is 426 g/mol. The lowest BCUT2D eigenvalue weighted by atomic mass is 10.1. The minimum Gasteiger partial charge on any atom is -0.497 e. The Morgan fingerprint density at radius 2 is 1.62 bits per heavy atom. The van der Waals surface area contributed by atoms with Crippen LogP contribution in [0.4, 0.5) is 17.2 Å². The van der Waals surface area contributed by atoms with Gasteiger partial charge in [0.15, 0.2) is 0 Å². The molecule has 1 N–H and O–H groups in total. The number of methoxy groups -OCH3 is 1. The number of hydrogen-bond acceptors (Lipinski definition) is 6. The van der Waals surface area contributed by atoms with Gasteiger partial charge < -0.3 is 19.9 Å². The van der Waals surface area contributed by atoms with Gasteiger partial charge in [-0.25, -0.2) is 4.98 Å². The maximum atomic E-state index is 12.4. The van der Waals surface area contributed by atoms with E-state index < -0.39 is 0 Å². The van der Waals surface area contributed by atoms with Crippen molar-refractivity contribution in [1.82, 2.24) is 9.88 Å². The lowest BCUT2D eigenvalue weighted by Crippen LogP contribution is -2.46. The number of rotatable bonds is 8. The number of benzene rings is 2. The van der Waals surface area contributed by atoms with Crippen molar-refractivity contribution in [3.8, 4) is 5.75 Å². The molecule has 0 aliphatic carbocycles. The second-order valence-electron chi connectivity index (χ2n) is 8.80. The molecule has 34 heavy (non-hydrogen) atoms. The summed E-state index contributed by atoms with van der Waals surface area (Å²) in [6, 6.07) is 20.2. The first-order valence-corrected chi connectivity index (χ1v) is 11.6. The zero-order valence-electron chi connectivity index (χ0n) is 20.2. The summed E-state index contributed by atoms with van der Waals surface area (Å²) in [5, 5.41) is 2.93. The van der Waals surface area contributed by atoms with E-state index in [1.54, 1.807) is 13.3 Å². The van der Waals surface area contributed by atoms with Gasteiger partial charge in [-0.1, -0.05) is 24.3 Å². The third kappa shape index (κ3) is 6.26. The van der Waals surface area contributed by atoms with Crippen LogP contribution in [0.2, 0.25) is 0 Å². The maximum Gasteiger partial charge on any atom is 0.228 e. The number of nitrogens with zero attached hydrogens (tertiary/aromatic N) is 4. The van der Waals surface area contributed by atoms with Crippen LogP contribution in [0.15, 0.2) is 66.9 Å². The molecular formula is C27H33N5O2. The normalized spacial score (nSPS) is 14.0. The predicted molar refractivity (Wildman–Crippen MR) is 138 cm³/mol. The molecule has 3 aromatic rings. The Labute approximate surface area is 202 Å². The molecule has 0 radical (unpaired) electrons. The Bertz CT molecular complexity index is 1060. The number of amides is 1. The second kappa shape index (κ2) is 11.0. The summed E-state index contributed by atoms with van der Waals surface area (Å²) in [5.74, 6) is 1.67. The molecule has 2 heterocycles. The number of piperazine rings is 1. The number of anilines is 3. The number of carbonyl (C=O) groups is 1. The summed E-state index contributed by atoms with van der Waals surface area (Å²) < 4.78 is 5.16. The van der Waals surface area contributed by atoms with E-state index in [4.69, 9.17) is 4.74 Å². The van der Waals surface area contributed by atoms with Crippen LogP contribution in [0.1, 0.15) is 11.1 Å². The Balaban J connectivity index is 1.24. The van der Waals surface area contributed by atoms with Crippen molar-refractivity contribution in [3.63, 3.8) is 0 Å². The summed E-state index contributed by atoms with van der Waals surface area (Å²) in [6.45, 7) is 4.83. The van der Waals surface area contributed by atoms with Crippen molar-refractivity contribution in [3.05, 3.63) is 78.0 Å². The molecule has 1 saturated heterocycles. The van der Waals surface area contributed by atoms with Gasteiger partial charge in [-0.15, -0.1) is 0 Å². The van der Waals surface area contributed by atoms with Crippen molar-refractivity contribution in [2.24, 2.45) is 0 Å². The zero-order chi connectivity index (χ0) is 23.9. The molecule has 0 saturated carbocycles. The first kappa shape index (κ1) is 23.6. The van der Waals surface area contributed by atoms with Crippen LogP contribution in [0.5, 0.6) is 5.75 Å². The molecule has 1 aromatic heterocycles. The monoisotopic (exact) mass is 459 g/mol. The van der Waals surface area contributed by atoms with Gasteiger partial charge in [-0.05, 0) is 47.5 Å². The van der Waals surface area contributed by atoms with Crippen LogP contribution < -0.4 is 19.9 Å². The van der Waals surface area contributed by atoms with Gasteiger partial charge >= 0.3 is 0 Å². The third-order valence-corrected chi connectivity index (χ3v) is 6.11. The molecule has 0 atom stereocenters. The van der Waals surface area contributed by atoms with Crippen molar-refractivity contribution >= 4 is 23.1 Å². The van der Waals surface area contributed by atoms with Crippen molar-refractivity contribution < 1.29 is 9.53 Å². The quantitative estimate of drug-likeness (QED) is 0.555. The van der Waals surface area contributed by atoms with Crippen molar-refractivity contribution in [1.29, 1.82) is 0 Å². The van der Waals surface area contributed by atoms with E-state index in [2.05, 4.69) is 63.4 Å². The summed E-state index contributed by atoms with van der Waals surface area (Å²) in [7, 11) is 5.75. The molecule has 0 bridgehead atoms. The molecule has 4 rings (SSSR count). The van der Waals surface area contributed by atoms with Crippen LogP contribution in [0.3, 0.4) is 0 Å². The Morgan fingerprint density at radius 1 is 0.941 bits per heavy atom. The van der Waals surface area contributed by atoms with Gasteiger partial charge in [0, 0.05) is 52.5 Å². The average molecular weight is 460 g/mol. The molecule has 1 aliphatic heterocycles. The first-order chi connectivity index (χ1) is 16.5. The van der Waals surface area contributed by atoms with Gasteiger partial charge in [0.05, 0.1) is 25.4 Å².